The summed E-state index contributed by atoms with van der Waals surface area (Å²) in [6.07, 6.45) is 6.58. The molecule has 0 atom stereocenters. The van der Waals surface area contributed by atoms with Gasteiger partial charge < -0.3 is 9.15 Å². The Morgan fingerprint density at radius 1 is 1.11 bits per heavy atom. The zero-order chi connectivity index (χ0) is 14.1. The van der Waals surface area contributed by atoms with E-state index in [1.54, 1.807) is 6.07 Å². The van der Waals surface area contributed by atoms with Gasteiger partial charge in [-0.1, -0.05) is 19.3 Å². The Kier molecular flexibility index (Phi) is 6.93. The van der Waals surface area contributed by atoms with E-state index in [1.807, 2.05) is 6.07 Å². The van der Waals surface area contributed by atoms with Gasteiger partial charge in [0.05, 0.1) is 7.11 Å². The van der Waals surface area contributed by atoms with Crippen LogP contribution in [-0.2, 0) is 16.0 Å². The summed E-state index contributed by atoms with van der Waals surface area (Å²) in [6.45, 7) is 1.50. The normalized spacial score (nSPS) is 10.4. The van der Waals surface area contributed by atoms with Crippen molar-refractivity contribution in [1.29, 1.82) is 0 Å². The first-order valence-electron chi connectivity index (χ1n) is 6.80. The third-order valence-corrected chi connectivity index (χ3v) is 3.04. The summed E-state index contributed by atoms with van der Waals surface area (Å²) in [6, 6.07) is 3.60. The van der Waals surface area contributed by atoms with Gasteiger partial charge >= 0.3 is 5.97 Å². The van der Waals surface area contributed by atoms with Gasteiger partial charge in [0.15, 0.2) is 11.5 Å². The standard InChI is InChI=1S/C15H22O4/c1-12(16)14-11-10-13(19-14)8-6-4-3-5-7-9-15(17)18-2/h10-11H,3-9H2,1-2H3. The number of rotatable bonds is 9. The predicted octanol–water partition coefficient (Wildman–Crippen LogP) is 3.54. The van der Waals surface area contributed by atoms with Crippen LogP contribution in [0.3, 0.4) is 0 Å². The number of hydrogen-bond donors (Lipinski definition) is 0. The molecular formula is C15H22O4. The molecule has 4 nitrogen and oxygen atoms in total. The third kappa shape index (κ3) is 6.22. The van der Waals surface area contributed by atoms with Gasteiger partial charge in [-0.05, 0) is 25.0 Å². The number of aryl methyl sites for hydroxylation is 1. The van der Waals surface area contributed by atoms with E-state index in [2.05, 4.69) is 4.74 Å². The molecule has 19 heavy (non-hydrogen) atoms. The molecule has 0 aliphatic rings. The summed E-state index contributed by atoms with van der Waals surface area (Å²) >= 11 is 0. The summed E-state index contributed by atoms with van der Waals surface area (Å²) in [5, 5.41) is 0. The zero-order valence-corrected chi connectivity index (χ0v) is 11.7. The van der Waals surface area contributed by atoms with Gasteiger partial charge in [-0.15, -0.1) is 0 Å². The summed E-state index contributed by atoms with van der Waals surface area (Å²) in [7, 11) is 1.42. The summed E-state index contributed by atoms with van der Waals surface area (Å²) < 4.78 is 9.99. The fourth-order valence-electron chi connectivity index (χ4n) is 1.90. The Morgan fingerprint density at radius 3 is 2.42 bits per heavy atom. The molecule has 0 spiro atoms. The molecule has 0 radical (unpaired) electrons. The van der Waals surface area contributed by atoms with E-state index < -0.39 is 0 Å². The van der Waals surface area contributed by atoms with Crippen LogP contribution in [-0.4, -0.2) is 18.9 Å². The highest BCUT2D eigenvalue weighted by Gasteiger charge is 2.05. The molecule has 106 valence electrons. The Balaban J connectivity index is 2.04. The van der Waals surface area contributed by atoms with Crippen LogP contribution in [0.2, 0.25) is 0 Å². The van der Waals surface area contributed by atoms with Crippen molar-refractivity contribution in [2.45, 2.75) is 51.9 Å². The van der Waals surface area contributed by atoms with E-state index in [9.17, 15) is 9.59 Å². The average molecular weight is 266 g/mol. The number of furan rings is 1. The second-order valence-electron chi connectivity index (χ2n) is 4.67. The van der Waals surface area contributed by atoms with Crippen LogP contribution in [0, 0.1) is 0 Å². The monoisotopic (exact) mass is 266 g/mol. The lowest BCUT2D eigenvalue weighted by molar-refractivity contribution is -0.140. The Morgan fingerprint density at radius 2 is 1.79 bits per heavy atom. The van der Waals surface area contributed by atoms with E-state index in [4.69, 9.17) is 4.42 Å². The first kappa shape index (κ1) is 15.5. The van der Waals surface area contributed by atoms with Crippen LogP contribution >= 0.6 is 0 Å². The number of ketones is 1. The van der Waals surface area contributed by atoms with Gasteiger partial charge in [0.2, 0.25) is 0 Å². The number of carbonyl (C=O) groups is 2. The molecular weight excluding hydrogens is 244 g/mol. The van der Waals surface area contributed by atoms with Gasteiger partial charge in [-0.3, -0.25) is 9.59 Å². The van der Waals surface area contributed by atoms with E-state index in [0.29, 0.717) is 12.2 Å². The molecule has 0 saturated heterocycles. The van der Waals surface area contributed by atoms with E-state index >= 15 is 0 Å². The molecule has 1 rings (SSSR count). The lowest BCUT2D eigenvalue weighted by Gasteiger charge is -2.00. The lowest BCUT2D eigenvalue weighted by Crippen LogP contribution is -1.99. The second-order valence-corrected chi connectivity index (χ2v) is 4.67. The molecule has 0 aliphatic heterocycles. The minimum Gasteiger partial charge on any atom is -0.469 e. The molecule has 1 aromatic heterocycles. The van der Waals surface area contributed by atoms with Crippen molar-refractivity contribution in [2.75, 3.05) is 7.11 Å². The van der Waals surface area contributed by atoms with Crippen molar-refractivity contribution in [3.63, 3.8) is 0 Å². The van der Waals surface area contributed by atoms with E-state index in [1.165, 1.54) is 14.0 Å². The fourth-order valence-corrected chi connectivity index (χ4v) is 1.90. The SMILES string of the molecule is COC(=O)CCCCCCCc1ccc(C(C)=O)o1. The third-order valence-electron chi connectivity index (χ3n) is 3.04. The Hall–Kier alpha value is -1.58. The minimum atomic E-state index is -0.132. The molecule has 0 N–H and O–H groups in total. The van der Waals surface area contributed by atoms with Crippen molar-refractivity contribution >= 4 is 11.8 Å². The van der Waals surface area contributed by atoms with Gasteiger partial charge in [0, 0.05) is 19.8 Å². The maximum Gasteiger partial charge on any atom is 0.305 e. The Bertz CT molecular complexity index is 406. The van der Waals surface area contributed by atoms with Crippen LogP contribution in [0.1, 0.15) is 61.8 Å². The van der Waals surface area contributed by atoms with Gasteiger partial charge in [-0.2, -0.15) is 0 Å². The zero-order valence-electron chi connectivity index (χ0n) is 11.7. The highest BCUT2D eigenvalue weighted by atomic mass is 16.5. The summed E-state index contributed by atoms with van der Waals surface area (Å²) in [5.74, 6) is 1.15. The molecule has 4 heteroatoms. The molecule has 0 unspecified atom stereocenters. The van der Waals surface area contributed by atoms with Crippen molar-refractivity contribution < 1.29 is 18.7 Å². The molecule has 0 aromatic carbocycles. The number of Topliss-reactive ketones (excluding diaryl/α,β-unsaturated/α-hetero) is 1. The first-order chi connectivity index (χ1) is 9.13. The molecule has 0 amide bonds. The van der Waals surface area contributed by atoms with Crippen LogP contribution in [0.15, 0.2) is 16.5 Å². The number of methoxy groups -OCH3 is 1. The number of hydrogen-bond acceptors (Lipinski definition) is 4. The van der Waals surface area contributed by atoms with E-state index in [0.717, 1.165) is 44.3 Å². The molecule has 0 fully saturated rings. The van der Waals surface area contributed by atoms with Crippen molar-refractivity contribution in [3.8, 4) is 0 Å². The van der Waals surface area contributed by atoms with Crippen LogP contribution in [0.5, 0.6) is 0 Å². The Labute approximate surface area is 114 Å². The molecule has 0 saturated carbocycles. The maximum absolute atomic E-state index is 11.1. The fraction of sp³-hybridized carbons (Fsp3) is 0.600. The van der Waals surface area contributed by atoms with Crippen LogP contribution < -0.4 is 0 Å². The van der Waals surface area contributed by atoms with Crippen LogP contribution in [0.25, 0.3) is 0 Å². The van der Waals surface area contributed by atoms with Crippen molar-refractivity contribution in [2.24, 2.45) is 0 Å². The smallest absolute Gasteiger partial charge is 0.305 e. The molecule has 0 bridgehead atoms. The van der Waals surface area contributed by atoms with Gasteiger partial charge in [0.1, 0.15) is 5.76 Å². The lowest BCUT2D eigenvalue weighted by atomic mass is 10.1. The number of carbonyl (C=O) groups excluding carboxylic acids is 2. The predicted molar refractivity (Wildman–Crippen MR) is 72.1 cm³/mol. The second kappa shape index (κ2) is 8.51. The average Bonchev–Trinajstić information content (AvgIpc) is 2.86. The largest absolute Gasteiger partial charge is 0.469 e. The first-order valence-corrected chi connectivity index (χ1v) is 6.80. The highest BCUT2D eigenvalue weighted by molar-refractivity contribution is 5.91. The topological polar surface area (TPSA) is 56.5 Å². The highest BCUT2D eigenvalue weighted by Crippen LogP contribution is 2.13. The van der Waals surface area contributed by atoms with Crippen molar-refractivity contribution in [3.05, 3.63) is 23.7 Å². The van der Waals surface area contributed by atoms with Crippen LogP contribution in [0.4, 0.5) is 0 Å². The minimum absolute atomic E-state index is 0.0333. The van der Waals surface area contributed by atoms with E-state index in [-0.39, 0.29) is 11.8 Å². The molecule has 0 aliphatic carbocycles. The summed E-state index contributed by atoms with van der Waals surface area (Å²) in [4.78, 5) is 21.9. The number of esters is 1. The summed E-state index contributed by atoms with van der Waals surface area (Å²) in [5.41, 5.74) is 0. The van der Waals surface area contributed by atoms with Crippen molar-refractivity contribution in [1.82, 2.24) is 0 Å². The molecule has 1 heterocycles. The van der Waals surface area contributed by atoms with Gasteiger partial charge in [0.25, 0.3) is 0 Å². The van der Waals surface area contributed by atoms with Gasteiger partial charge in [-0.25, -0.2) is 0 Å². The maximum atomic E-state index is 11.1. The molecule has 1 aromatic rings. The number of ether oxygens (including phenoxy) is 1. The number of unbranched alkanes of at least 4 members (excludes halogenated alkanes) is 4. The quantitative estimate of drug-likeness (QED) is 0.390.